The highest BCUT2D eigenvalue weighted by molar-refractivity contribution is 7.89. The molecule has 2 saturated heterocycles. The van der Waals surface area contributed by atoms with Gasteiger partial charge in [-0.25, -0.2) is 8.42 Å². The average molecular weight is 479 g/mol. The number of amides is 3. The summed E-state index contributed by atoms with van der Waals surface area (Å²) in [5.74, 6) is -0.633. The summed E-state index contributed by atoms with van der Waals surface area (Å²) in [4.78, 5) is 43.1. The van der Waals surface area contributed by atoms with E-state index in [9.17, 15) is 22.8 Å². The van der Waals surface area contributed by atoms with Gasteiger partial charge in [-0.1, -0.05) is 27.7 Å². The highest BCUT2D eigenvalue weighted by Gasteiger charge is 2.38. The maximum absolute atomic E-state index is 13.0. The molecule has 2 fully saturated rings. The van der Waals surface area contributed by atoms with E-state index < -0.39 is 15.9 Å². The third kappa shape index (κ3) is 5.22. The number of hydrogen-bond donors (Lipinski definition) is 0. The van der Waals surface area contributed by atoms with Crippen LogP contribution < -0.4 is 4.90 Å². The molecular formula is C23H34N4O5S. The molecule has 2 aliphatic rings. The van der Waals surface area contributed by atoms with Crippen LogP contribution in [0.2, 0.25) is 0 Å². The Balaban J connectivity index is 1.63. The Labute approximate surface area is 196 Å². The molecule has 0 radical (unpaired) electrons. The van der Waals surface area contributed by atoms with Gasteiger partial charge in [-0.3, -0.25) is 14.4 Å². The highest BCUT2D eigenvalue weighted by atomic mass is 32.2. The minimum Gasteiger partial charge on any atom is -0.339 e. The van der Waals surface area contributed by atoms with Crippen LogP contribution in [0, 0.1) is 11.8 Å². The molecule has 0 spiro atoms. The second kappa shape index (κ2) is 10.2. The lowest BCUT2D eigenvalue weighted by Gasteiger charge is -2.36. The van der Waals surface area contributed by atoms with Gasteiger partial charge in [-0.05, 0) is 24.3 Å². The van der Waals surface area contributed by atoms with Crippen LogP contribution in [0.1, 0.15) is 34.1 Å². The molecule has 0 unspecified atom stereocenters. The van der Waals surface area contributed by atoms with Gasteiger partial charge in [-0.15, -0.1) is 0 Å². The van der Waals surface area contributed by atoms with Gasteiger partial charge in [0.1, 0.15) is 0 Å². The van der Waals surface area contributed by atoms with E-state index >= 15 is 0 Å². The summed E-state index contributed by atoms with van der Waals surface area (Å²) in [6, 6.07) is 6.27. The van der Waals surface area contributed by atoms with E-state index in [1.807, 2.05) is 13.8 Å². The zero-order valence-electron chi connectivity index (χ0n) is 19.9. The van der Waals surface area contributed by atoms with Crippen molar-refractivity contribution in [3.63, 3.8) is 0 Å². The highest BCUT2D eigenvalue weighted by Crippen LogP contribution is 2.28. The molecule has 0 aliphatic carbocycles. The second-order valence-electron chi connectivity index (χ2n) is 8.79. The smallest absolute Gasteiger partial charge is 0.243 e. The van der Waals surface area contributed by atoms with Crippen molar-refractivity contribution in [1.82, 2.24) is 14.1 Å². The van der Waals surface area contributed by atoms with Crippen LogP contribution in [0.3, 0.4) is 0 Å². The van der Waals surface area contributed by atoms with Crippen LogP contribution in [0.5, 0.6) is 0 Å². The third-order valence-corrected chi connectivity index (χ3v) is 8.43. The average Bonchev–Trinajstić information content (AvgIpc) is 3.20. The maximum Gasteiger partial charge on any atom is 0.243 e. The molecule has 0 bridgehead atoms. The molecule has 2 heterocycles. The lowest BCUT2D eigenvalue weighted by molar-refractivity contribution is -0.143. The van der Waals surface area contributed by atoms with Crippen LogP contribution >= 0.6 is 0 Å². The summed E-state index contributed by atoms with van der Waals surface area (Å²) in [5.41, 5.74) is 0.584. The largest absolute Gasteiger partial charge is 0.339 e. The van der Waals surface area contributed by atoms with E-state index in [4.69, 9.17) is 0 Å². The molecule has 182 valence electrons. The van der Waals surface area contributed by atoms with E-state index in [0.29, 0.717) is 45.0 Å². The number of carbonyl (C=O) groups is 3. The van der Waals surface area contributed by atoms with Crippen LogP contribution in [-0.2, 0) is 24.4 Å². The zero-order valence-corrected chi connectivity index (χ0v) is 20.7. The lowest BCUT2D eigenvalue weighted by Crippen LogP contribution is -2.53. The van der Waals surface area contributed by atoms with Crippen molar-refractivity contribution in [3.8, 4) is 0 Å². The molecule has 3 amide bonds. The first kappa shape index (κ1) is 25.2. The molecule has 10 heteroatoms. The molecule has 1 aromatic rings. The Morgan fingerprint density at radius 3 is 2.06 bits per heavy atom. The van der Waals surface area contributed by atoms with Gasteiger partial charge in [0.25, 0.3) is 0 Å². The molecule has 33 heavy (non-hydrogen) atoms. The van der Waals surface area contributed by atoms with Crippen molar-refractivity contribution in [2.24, 2.45) is 11.8 Å². The van der Waals surface area contributed by atoms with E-state index in [-0.39, 0.29) is 41.5 Å². The molecule has 0 N–H and O–H groups in total. The Kier molecular flexibility index (Phi) is 7.79. The van der Waals surface area contributed by atoms with Crippen LogP contribution in [0.25, 0.3) is 0 Å². The predicted molar refractivity (Wildman–Crippen MR) is 125 cm³/mol. The van der Waals surface area contributed by atoms with Crippen molar-refractivity contribution in [1.29, 1.82) is 0 Å². The Bertz CT molecular complexity index is 981. The van der Waals surface area contributed by atoms with E-state index in [2.05, 4.69) is 0 Å². The van der Waals surface area contributed by atoms with Crippen LogP contribution in [-0.4, -0.2) is 86.1 Å². The Hall–Kier alpha value is -2.46. The standard InChI is InChI=1S/C23H34N4O5S/c1-5-26(6-2)33(31,32)20-9-7-19(8-10-20)27-16-18(15-21(27)28)23(30)25-13-11-24(12-14-25)22(29)17(3)4/h7-10,17-18H,5-6,11-16H2,1-4H3/t18-/m1/s1. The molecule has 0 aromatic heterocycles. The summed E-state index contributed by atoms with van der Waals surface area (Å²) in [5, 5.41) is 0. The molecule has 0 saturated carbocycles. The van der Waals surface area contributed by atoms with Crippen molar-refractivity contribution >= 4 is 33.4 Å². The summed E-state index contributed by atoms with van der Waals surface area (Å²) in [6.45, 7) is 10.3. The number of rotatable bonds is 7. The number of carbonyl (C=O) groups excluding carboxylic acids is 3. The first-order valence-corrected chi connectivity index (χ1v) is 13.0. The monoisotopic (exact) mass is 478 g/mol. The van der Waals surface area contributed by atoms with Gasteiger partial charge in [0.15, 0.2) is 0 Å². The van der Waals surface area contributed by atoms with Gasteiger partial charge in [0, 0.05) is 63.8 Å². The minimum absolute atomic E-state index is 0.0665. The van der Waals surface area contributed by atoms with Gasteiger partial charge >= 0.3 is 0 Å². The van der Waals surface area contributed by atoms with Crippen LogP contribution in [0.15, 0.2) is 29.2 Å². The lowest BCUT2D eigenvalue weighted by atomic mass is 10.1. The third-order valence-electron chi connectivity index (χ3n) is 6.36. The van der Waals surface area contributed by atoms with E-state index in [0.717, 1.165) is 0 Å². The fourth-order valence-corrected chi connectivity index (χ4v) is 5.86. The normalized spacial score (nSPS) is 19.6. The second-order valence-corrected chi connectivity index (χ2v) is 10.7. The number of benzene rings is 1. The molecule has 1 atom stereocenters. The van der Waals surface area contributed by atoms with Gasteiger partial charge in [-0.2, -0.15) is 4.31 Å². The molecule has 9 nitrogen and oxygen atoms in total. The number of sulfonamides is 1. The topological polar surface area (TPSA) is 98.3 Å². The molecular weight excluding hydrogens is 444 g/mol. The fraction of sp³-hybridized carbons (Fsp3) is 0.609. The zero-order chi connectivity index (χ0) is 24.3. The van der Waals surface area contributed by atoms with Gasteiger partial charge < -0.3 is 14.7 Å². The summed E-state index contributed by atoms with van der Waals surface area (Å²) >= 11 is 0. The fourth-order valence-electron chi connectivity index (χ4n) is 4.40. The van der Waals surface area contributed by atoms with Gasteiger partial charge in [0.05, 0.1) is 10.8 Å². The summed E-state index contributed by atoms with van der Waals surface area (Å²) < 4.78 is 26.7. The summed E-state index contributed by atoms with van der Waals surface area (Å²) in [7, 11) is -3.57. The van der Waals surface area contributed by atoms with Crippen molar-refractivity contribution < 1.29 is 22.8 Å². The maximum atomic E-state index is 13.0. The SMILES string of the molecule is CCN(CC)S(=O)(=O)c1ccc(N2C[C@H](C(=O)N3CCN(C(=O)C(C)C)CC3)CC2=O)cc1. The number of piperazine rings is 1. The number of hydrogen-bond acceptors (Lipinski definition) is 5. The molecule has 3 rings (SSSR count). The number of anilines is 1. The molecule has 1 aromatic carbocycles. The predicted octanol–water partition coefficient (Wildman–Crippen LogP) is 1.40. The van der Waals surface area contributed by atoms with E-state index in [1.54, 1.807) is 40.7 Å². The van der Waals surface area contributed by atoms with Crippen molar-refractivity contribution in [3.05, 3.63) is 24.3 Å². The van der Waals surface area contributed by atoms with Crippen molar-refractivity contribution in [2.45, 2.75) is 39.0 Å². The summed E-state index contributed by atoms with van der Waals surface area (Å²) in [6.07, 6.45) is 0.128. The van der Waals surface area contributed by atoms with Crippen molar-refractivity contribution in [2.75, 3.05) is 50.7 Å². The first-order chi connectivity index (χ1) is 15.6. The van der Waals surface area contributed by atoms with Crippen LogP contribution in [0.4, 0.5) is 5.69 Å². The Morgan fingerprint density at radius 1 is 1.00 bits per heavy atom. The Morgan fingerprint density at radius 2 is 1.55 bits per heavy atom. The van der Waals surface area contributed by atoms with Gasteiger partial charge in [0.2, 0.25) is 27.7 Å². The van der Waals surface area contributed by atoms with E-state index in [1.165, 1.54) is 16.4 Å². The quantitative estimate of drug-likeness (QED) is 0.590. The first-order valence-electron chi connectivity index (χ1n) is 11.6. The minimum atomic E-state index is -3.57. The number of nitrogens with zero attached hydrogens (tertiary/aromatic N) is 4. The molecule has 2 aliphatic heterocycles.